The molecule has 0 amide bonds. The van der Waals surface area contributed by atoms with Crippen LogP contribution in [0.4, 0.5) is 0 Å². The zero-order chi connectivity index (χ0) is 11.3. The lowest BCUT2D eigenvalue weighted by Gasteiger charge is -2.32. The highest BCUT2D eigenvalue weighted by Crippen LogP contribution is 2.20. The zero-order valence-electron chi connectivity index (χ0n) is 10.3. The largest absolute Gasteiger partial charge is 0.336 e. The summed E-state index contributed by atoms with van der Waals surface area (Å²) in [6, 6.07) is 0.492. The highest BCUT2D eigenvalue weighted by atomic mass is 15.1. The molecule has 86 valence electrons. The van der Waals surface area contributed by atoms with E-state index >= 15 is 0 Å². The van der Waals surface area contributed by atoms with Gasteiger partial charge in [-0.1, -0.05) is 27.7 Å². The topological polar surface area (TPSA) is 29.9 Å². The molecule has 1 aromatic rings. The van der Waals surface area contributed by atoms with Gasteiger partial charge in [-0.05, 0) is 18.4 Å². The summed E-state index contributed by atoms with van der Waals surface area (Å²) >= 11 is 0. The normalized spacial score (nSPS) is 14.1. The Kier molecular flexibility index (Phi) is 4.33. The molecule has 1 heterocycles. The first-order chi connectivity index (χ1) is 7.04. The van der Waals surface area contributed by atoms with Crippen molar-refractivity contribution < 1.29 is 0 Å². The number of rotatable bonds is 5. The maximum atomic E-state index is 4.07. The Morgan fingerprint density at radius 3 is 2.60 bits per heavy atom. The lowest BCUT2D eigenvalue weighted by atomic mass is 9.86. The van der Waals surface area contributed by atoms with Crippen LogP contribution in [0.15, 0.2) is 18.7 Å². The summed E-state index contributed by atoms with van der Waals surface area (Å²) in [7, 11) is 0. The molecule has 3 nitrogen and oxygen atoms in total. The van der Waals surface area contributed by atoms with Crippen LogP contribution in [0, 0.1) is 5.41 Å². The molecule has 0 aliphatic carbocycles. The van der Waals surface area contributed by atoms with E-state index in [9.17, 15) is 0 Å². The first kappa shape index (κ1) is 12.2. The fourth-order valence-corrected chi connectivity index (χ4v) is 1.57. The molecule has 1 rings (SSSR count). The van der Waals surface area contributed by atoms with Crippen LogP contribution >= 0.6 is 0 Å². The Morgan fingerprint density at radius 2 is 2.13 bits per heavy atom. The van der Waals surface area contributed by atoms with Gasteiger partial charge in [0, 0.05) is 25.0 Å². The molecule has 0 aromatic carbocycles. The summed E-state index contributed by atoms with van der Waals surface area (Å²) in [5, 5.41) is 3.60. The van der Waals surface area contributed by atoms with E-state index in [-0.39, 0.29) is 5.41 Å². The third kappa shape index (κ3) is 4.04. The van der Waals surface area contributed by atoms with Gasteiger partial charge >= 0.3 is 0 Å². The van der Waals surface area contributed by atoms with Crippen LogP contribution in [0.2, 0.25) is 0 Å². The van der Waals surface area contributed by atoms with Crippen LogP contribution in [0.25, 0.3) is 0 Å². The van der Waals surface area contributed by atoms with Crippen LogP contribution in [-0.2, 0) is 6.54 Å². The van der Waals surface area contributed by atoms with Crippen LogP contribution in [0.5, 0.6) is 0 Å². The van der Waals surface area contributed by atoms with E-state index in [2.05, 4.69) is 42.6 Å². The lowest BCUT2D eigenvalue weighted by molar-refractivity contribution is 0.242. The molecule has 0 aliphatic rings. The molecule has 0 radical (unpaired) electrons. The molecule has 0 saturated heterocycles. The van der Waals surface area contributed by atoms with Crippen molar-refractivity contribution in [3.63, 3.8) is 0 Å². The second-order valence-electron chi connectivity index (χ2n) is 5.13. The molecular weight excluding hydrogens is 186 g/mol. The summed E-state index contributed by atoms with van der Waals surface area (Å²) in [4.78, 5) is 4.07. The van der Waals surface area contributed by atoms with Gasteiger partial charge in [-0.2, -0.15) is 0 Å². The molecule has 1 unspecified atom stereocenters. The van der Waals surface area contributed by atoms with E-state index in [1.54, 1.807) is 0 Å². The molecule has 0 bridgehead atoms. The monoisotopic (exact) mass is 209 g/mol. The minimum atomic E-state index is 0.277. The average Bonchev–Trinajstić information content (AvgIpc) is 2.62. The number of nitrogens with one attached hydrogen (secondary N) is 1. The van der Waals surface area contributed by atoms with Crippen molar-refractivity contribution in [1.82, 2.24) is 14.9 Å². The van der Waals surface area contributed by atoms with Crippen molar-refractivity contribution in [3.8, 4) is 0 Å². The molecule has 0 spiro atoms. The maximum absolute atomic E-state index is 4.07. The number of imidazole rings is 1. The number of hydrogen-bond donors (Lipinski definition) is 1. The summed E-state index contributed by atoms with van der Waals surface area (Å²) in [5.74, 6) is 0. The van der Waals surface area contributed by atoms with Gasteiger partial charge < -0.3 is 9.88 Å². The van der Waals surface area contributed by atoms with E-state index in [4.69, 9.17) is 0 Å². The van der Waals surface area contributed by atoms with Crippen molar-refractivity contribution in [2.45, 2.75) is 46.7 Å². The second kappa shape index (κ2) is 5.31. The molecule has 1 aromatic heterocycles. The quantitative estimate of drug-likeness (QED) is 0.806. The standard InChI is InChI=1S/C12H23N3/c1-5-6-14-11(12(2,3)4)9-15-8-7-13-10-15/h7-8,10-11,14H,5-6,9H2,1-4H3. The van der Waals surface area contributed by atoms with Gasteiger partial charge in [0.25, 0.3) is 0 Å². The molecule has 0 aliphatic heterocycles. The molecule has 1 atom stereocenters. The van der Waals surface area contributed by atoms with Crippen LogP contribution in [0.1, 0.15) is 34.1 Å². The van der Waals surface area contributed by atoms with Crippen LogP contribution in [0.3, 0.4) is 0 Å². The molecule has 1 N–H and O–H groups in total. The van der Waals surface area contributed by atoms with Gasteiger partial charge in [0.15, 0.2) is 0 Å². The fourth-order valence-electron chi connectivity index (χ4n) is 1.57. The SMILES string of the molecule is CCCNC(Cn1ccnc1)C(C)(C)C. The van der Waals surface area contributed by atoms with Crippen molar-refractivity contribution in [1.29, 1.82) is 0 Å². The van der Waals surface area contributed by atoms with E-state index in [1.165, 1.54) is 6.42 Å². The summed E-state index contributed by atoms with van der Waals surface area (Å²) in [5.41, 5.74) is 0.277. The Balaban J connectivity index is 2.57. The Labute approximate surface area is 92.9 Å². The van der Waals surface area contributed by atoms with Crippen molar-refractivity contribution >= 4 is 0 Å². The molecule has 0 fully saturated rings. The summed E-state index contributed by atoms with van der Waals surface area (Å²) in [6.45, 7) is 11.1. The third-order valence-corrected chi connectivity index (χ3v) is 2.64. The van der Waals surface area contributed by atoms with Crippen molar-refractivity contribution in [2.24, 2.45) is 5.41 Å². The van der Waals surface area contributed by atoms with Crippen LogP contribution < -0.4 is 5.32 Å². The Bertz CT molecular complexity index is 259. The highest BCUT2D eigenvalue weighted by molar-refractivity contribution is 4.84. The average molecular weight is 209 g/mol. The fraction of sp³-hybridized carbons (Fsp3) is 0.750. The second-order valence-corrected chi connectivity index (χ2v) is 5.13. The van der Waals surface area contributed by atoms with E-state index in [0.29, 0.717) is 6.04 Å². The van der Waals surface area contributed by atoms with E-state index < -0.39 is 0 Å². The first-order valence-electron chi connectivity index (χ1n) is 5.73. The van der Waals surface area contributed by atoms with Gasteiger partial charge in [-0.15, -0.1) is 0 Å². The van der Waals surface area contributed by atoms with Gasteiger partial charge in [-0.25, -0.2) is 4.98 Å². The number of aromatic nitrogens is 2. The molecule has 15 heavy (non-hydrogen) atoms. The highest BCUT2D eigenvalue weighted by Gasteiger charge is 2.23. The maximum Gasteiger partial charge on any atom is 0.0946 e. The predicted octanol–water partition coefficient (Wildman–Crippen LogP) is 2.30. The third-order valence-electron chi connectivity index (χ3n) is 2.64. The number of hydrogen-bond acceptors (Lipinski definition) is 2. The van der Waals surface area contributed by atoms with Gasteiger partial charge in [-0.3, -0.25) is 0 Å². The number of nitrogens with zero attached hydrogens (tertiary/aromatic N) is 2. The molecule has 3 heteroatoms. The summed E-state index contributed by atoms with van der Waals surface area (Å²) in [6.07, 6.45) is 6.91. The van der Waals surface area contributed by atoms with Crippen molar-refractivity contribution in [2.75, 3.05) is 6.54 Å². The predicted molar refractivity (Wildman–Crippen MR) is 63.8 cm³/mol. The lowest BCUT2D eigenvalue weighted by Crippen LogP contribution is -2.43. The van der Waals surface area contributed by atoms with E-state index in [0.717, 1.165) is 13.1 Å². The molecular formula is C12H23N3. The minimum Gasteiger partial charge on any atom is -0.336 e. The van der Waals surface area contributed by atoms with Crippen LogP contribution in [-0.4, -0.2) is 22.1 Å². The first-order valence-corrected chi connectivity index (χ1v) is 5.73. The Hall–Kier alpha value is -0.830. The van der Waals surface area contributed by atoms with Gasteiger partial charge in [0.1, 0.15) is 0 Å². The zero-order valence-corrected chi connectivity index (χ0v) is 10.3. The summed E-state index contributed by atoms with van der Waals surface area (Å²) < 4.78 is 2.14. The van der Waals surface area contributed by atoms with Crippen molar-refractivity contribution in [3.05, 3.63) is 18.7 Å². The van der Waals surface area contributed by atoms with Gasteiger partial charge in [0.2, 0.25) is 0 Å². The van der Waals surface area contributed by atoms with Gasteiger partial charge in [0.05, 0.1) is 6.33 Å². The Morgan fingerprint density at radius 1 is 1.40 bits per heavy atom. The van der Waals surface area contributed by atoms with E-state index in [1.807, 2.05) is 18.7 Å². The minimum absolute atomic E-state index is 0.277. The smallest absolute Gasteiger partial charge is 0.0946 e. The molecule has 0 saturated carbocycles.